The van der Waals surface area contributed by atoms with E-state index in [0.717, 1.165) is 6.07 Å². The Morgan fingerprint density at radius 3 is 2.53 bits per heavy atom. The van der Waals surface area contributed by atoms with Crippen LogP contribution in [0.1, 0.15) is 5.56 Å². The van der Waals surface area contributed by atoms with Gasteiger partial charge in [-0.05, 0) is 24.3 Å². The highest BCUT2D eigenvalue weighted by Crippen LogP contribution is 2.31. The molecule has 0 amide bonds. The first-order valence-corrected chi connectivity index (χ1v) is 6.12. The molecule has 6 heteroatoms. The molecule has 0 saturated carbocycles. The predicted octanol–water partition coefficient (Wildman–Crippen LogP) is 4.16. The summed E-state index contributed by atoms with van der Waals surface area (Å²) in [7, 11) is 0. The Bertz CT molecular complexity index is 620. The molecule has 0 aliphatic carbocycles. The van der Waals surface area contributed by atoms with Gasteiger partial charge in [0, 0.05) is 28.9 Å². The maximum Gasteiger partial charge on any atom is 0.166 e. The highest BCUT2D eigenvalue weighted by Gasteiger charge is 2.08. The number of hydrogen-bond donors (Lipinski definition) is 3. The van der Waals surface area contributed by atoms with E-state index in [4.69, 9.17) is 28.3 Å². The van der Waals surface area contributed by atoms with Crippen molar-refractivity contribution in [2.75, 3.05) is 5.32 Å². The van der Waals surface area contributed by atoms with Crippen LogP contribution in [0.25, 0.3) is 0 Å². The molecule has 0 saturated heterocycles. The average molecular weight is 302 g/mol. The second-order valence-electron chi connectivity index (χ2n) is 3.92. The van der Waals surface area contributed by atoms with Gasteiger partial charge >= 0.3 is 0 Å². The SMILES string of the molecule is Oc1ccc(NCc2cc(Cl)cc(Cl)c2O)cc1F. The Labute approximate surface area is 119 Å². The molecular weight excluding hydrogens is 292 g/mol. The maximum absolute atomic E-state index is 13.1. The zero-order valence-corrected chi connectivity index (χ0v) is 11.1. The van der Waals surface area contributed by atoms with E-state index in [1.807, 2.05) is 0 Å². The van der Waals surface area contributed by atoms with Crippen molar-refractivity contribution in [3.63, 3.8) is 0 Å². The van der Waals surface area contributed by atoms with Gasteiger partial charge in [0.1, 0.15) is 5.75 Å². The van der Waals surface area contributed by atoms with Gasteiger partial charge in [-0.2, -0.15) is 0 Å². The van der Waals surface area contributed by atoms with Gasteiger partial charge in [0.25, 0.3) is 0 Å². The van der Waals surface area contributed by atoms with E-state index >= 15 is 0 Å². The summed E-state index contributed by atoms with van der Waals surface area (Å²) < 4.78 is 13.1. The van der Waals surface area contributed by atoms with Crippen molar-refractivity contribution in [3.05, 3.63) is 51.8 Å². The molecule has 3 N–H and O–H groups in total. The molecule has 0 radical (unpaired) electrons. The third-order valence-corrected chi connectivity index (χ3v) is 3.04. The molecule has 2 aromatic carbocycles. The molecule has 0 atom stereocenters. The van der Waals surface area contributed by atoms with Crippen LogP contribution in [0.5, 0.6) is 11.5 Å². The van der Waals surface area contributed by atoms with Gasteiger partial charge in [0.2, 0.25) is 0 Å². The molecule has 0 spiro atoms. The molecule has 19 heavy (non-hydrogen) atoms. The second-order valence-corrected chi connectivity index (χ2v) is 4.76. The predicted molar refractivity (Wildman–Crippen MR) is 73.5 cm³/mol. The lowest BCUT2D eigenvalue weighted by Gasteiger charge is -2.10. The summed E-state index contributed by atoms with van der Waals surface area (Å²) >= 11 is 11.6. The van der Waals surface area contributed by atoms with Crippen LogP contribution in [-0.2, 0) is 6.54 Å². The maximum atomic E-state index is 13.1. The minimum atomic E-state index is -0.724. The topological polar surface area (TPSA) is 52.5 Å². The molecule has 100 valence electrons. The summed E-state index contributed by atoms with van der Waals surface area (Å²) in [4.78, 5) is 0. The fourth-order valence-electron chi connectivity index (χ4n) is 1.57. The zero-order valence-electron chi connectivity index (χ0n) is 9.62. The number of phenolic OH excluding ortho intramolecular Hbond substituents is 2. The lowest BCUT2D eigenvalue weighted by molar-refractivity contribution is 0.432. The van der Waals surface area contributed by atoms with Crippen LogP contribution in [0.3, 0.4) is 0 Å². The van der Waals surface area contributed by atoms with Crippen LogP contribution in [0, 0.1) is 5.82 Å². The van der Waals surface area contributed by atoms with Crippen molar-refractivity contribution in [1.29, 1.82) is 0 Å². The number of halogens is 3. The van der Waals surface area contributed by atoms with Gasteiger partial charge in [-0.1, -0.05) is 23.2 Å². The first kappa shape index (κ1) is 13.8. The molecule has 2 aromatic rings. The van der Waals surface area contributed by atoms with Gasteiger partial charge in [0.15, 0.2) is 11.6 Å². The molecule has 0 aromatic heterocycles. The Morgan fingerprint density at radius 2 is 1.84 bits per heavy atom. The van der Waals surface area contributed by atoms with Crippen LogP contribution >= 0.6 is 23.2 Å². The van der Waals surface area contributed by atoms with E-state index in [0.29, 0.717) is 16.3 Å². The number of nitrogens with one attached hydrogen (secondary N) is 1. The first-order chi connectivity index (χ1) is 8.97. The monoisotopic (exact) mass is 301 g/mol. The molecular formula is C13H10Cl2FNO2. The van der Waals surface area contributed by atoms with Crippen LogP contribution in [0.15, 0.2) is 30.3 Å². The van der Waals surface area contributed by atoms with Crippen molar-refractivity contribution in [3.8, 4) is 11.5 Å². The molecule has 0 fully saturated rings. The van der Waals surface area contributed by atoms with Crippen LogP contribution in [-0.4, -0.2) is 10.2 Å². The summed E-state index contributed by atoms with van der Waals surface area (Å²) in [5.41, 5.74) is 0.955. The molecule has 0 unspecified atom stereocenters. The van der Waals surface area contributed by atoms with Crippen molar-refractivity contribution in [2.45, 2.75) is 6.54 Å². The Morgan fingerprint density at radius 1 is 1.11 bits per heavy atom. The number of anilines is 1. The number of aromatic hydroxyl groups is 2. The van der Waals surface area contributed by atoms with Crippen LogP contribution < -0.4 is 5.32 Å². The average Bonchev–Trinajstić information content (AvgIpc) is 2.36. The molecule has 3 nitrogen and oxygen atoms in total. The van der Waals surface area contributed by atoms with E-state index in [9.17, 15) is 9.50 Å². The molecule has 0 aliphatic heterocycles. The Hall–Kier alpha value is -1.65. The third kappa shape index (κ3) is 3.22. The summed E-state index contributed by atoms with van der Waals surface area (Å²) in [6.45, 7) is 0.219. The van der Waals surface area contributed by atoms with Gasteiger partial charge in [0.05, 0.1) is 5.02 Å². The van der Waals surface area contributed by atoms with Crippen molar-refractivity contribution in [2.24, 2.45) is 0 Å². The minimum Gasteiger partial charge on any atom is -0.506 e. The largest absolute Gasteiger partial charge is 0.506 e. The lowest BCUT2D eigenvalue weighted by Crippen LogP contribution is -2.00. The van der Waals surface area contributed by atoms with Crippen molar-refractivity contribution in [1.82, 2.24) is 0 Å². The zero-order chi connectivity index (χ0) is 14.0. The fraction of sp³-hybridized carbons (Fsp3) is 0.0769. The summed E-state index contributed by atoms with van der Waals surface area (Å²) in [5, 5.41) is 22.3. The van der Waals surface area contributed by atoms with Crippen LogP contribution in [0.4, 0.5) is 10.1 Å². The van der Waals surface area contributed by atoms with Gasteiger partial charge in [-0.15, -0.1) is 0 Å². The van der Waals surface area contributed by atoms with E-state index < -0.39 is 11.6 Å². The highest BCUT2D eigenvalue weighted by molar-refractivity contribution is 6.35. The highest BCUT2D eigenvalue weighted by atomic mass is 35.5. The van der Waals surface area contributed by atoms with E-state index in [1.54, 1.807) is 6.07 Å². The van der Waals surface area contributed by atoms with E-state index in [2.05, 4.69) is 5.32 Å². The third-order valence-electron chi connectivity index (χ3n) is 2.54. The van der Waals surface area contributed by atoms with Gasteiger partial charge in [-0.25, -0.2) is 4.39 Å². The lowest BCUT2D eigenvalue weighted by atomic mass is 10.2. The number of phenols is 2. The van der Waals surface area contributed by atoms with Gasteiger partial charge < -0.3 is 15.5 Å². The fourth-order valence-corrected chi connectivity index (χ4v) is 2.10. The summed E-state index contributed by atoms with van der Waals surface area (Å²) in [5.74, 6) is -1.21. The quantitative estimate of drug-likeness (QED) is 0.746. The number of benzene rings is 2. The summed E-state index contributed by atoms with van der Waals surface area (Å²) in [6.07, 6.45) is 0. The first-order valence-electron chi connectivity index (χ1n) is 5.36. The number of rotatable bonds is 3. The molecule has 0 aliphatic rings. The smallest absolute Gasteiger partial charge is 0.166 e. The Kier molecular flexibility index (Phi) is 4.02. The summed E-state index contributed by atoms with van der Waals surface area (Å²) in [6, 6.07) is 6.90. The normalized spacial score (nSPS) is 10.5. The molecule has 0 bridgehead atoms. The van der Waals surface area contributed by atoms with Crippen LogP contribution in [0.2, 0.25) is 10.0 Å². The minimum absolute atomic E-state index is 0.0715. The number of hydrogen-bond acceptors (Lipinski definition) is 3. The second kappa shape index (κ2) is 5.55. The van der Waals surface area contributed by atoms with Gasteiger partial charge in [-0.3, -0.25) is 0 Å². The van der Waals surface area contributed by atoms with Crippen molar-refractivity contribution >= 4 is 28.9 Å². The molecule has 2 rings (SSSR count). The van der Waals surface area contributed by atoms with E-state index in [-0.39, 0.29) is 17.3 Å². The van der Waals surface area contributed by atoms with Crippen molar-refractivity contribution < 1.29 is 14.6 Å². The Balaban J connectivity index is 2.16. The van der Waals surface area contributed by atoms with E-state index in [1.165, 1.54) is 18.2 Å². The molecule has 0 heterocycles. The standard InChI is InChI=1S/C13H10Cl2FNO2/c14-8-3-7(13(19)10(15)4-8)6-17-9-1-2-12(18)11(16)5-9/h1-5,17-19H,6H2.